The highest BCUT2D eigenvalue weighted by Crippen LogP contribution is 2.07. The van der Waals surface area contributed by atoms with Gasteiger partial charge in [0.25, 0.3) is 0 Å². The predicted molar refractivity (Wildman–Crippen MR) is 52.9 cm³/mol. The van der Waals surface area contributed by atoms with Crippen LogP contribution in [0.25, 0.3) is 6.08 Å². The number of hydrogen-bond donors (Lipinski definition) is 1. The third-order valence-corrected chi connectivity index (χ3v) is 2.18. The summed E-state index contributed by atoms with van der Waals surface area (Å²) in [5.74, 6) is 0. The highest BCUT2D eigenvalue weighted by molar-refractivity contribution is 6.28. The molecule has 0 bridgehead atoms. The molecule has 1 aromatic carbocycles. The molecule has 1 aromatic rings. The molecule has 0 spiro atoms. The van der Waals surface area contributed by atoms with Crippen molar-refractivity contribution < 1.29 is 4.80 Å². The van der Waals surface area contributed by atoms with Crippen LogP contribution in [-0.2, 0) is 0 Å². The molecule has 0 amide bonds. The molecular formula is C10H12OSi. The Balaban J connectivity index is 2.58. The van der Waals surface area contributed by atoms with E-state index in [-0.39, 0.29) is 15.3 Å². The summed E-state index contributed by atoms with van der Waals surface area (Å²) in [6.45, 7) is 2.00. The molecule has 1 atom stereocenters. The van der Waals surface area contributed by atoms with Crippen molar-refractivity contribution in [3.05, 3.63) is 42.0 Å². The monoisotopic (exact) mass is 176 g/mol. The van der Waals surface area contributed by atoms with E-state index < -0.39 is 0 Å². The van der Waals surface area contributed by atoms with Gasteiger partial charge in [-0.25, -0.2) is 0 Å². The summed E-state index contributed by atoms with van der Waals surface area (Å²) < 4.78 is 0. The Labute approximate surface area is 75.7 Å². The standard InChI is InChI=1S/C10H12OSi/c1-9(12-11)7-8-10-5-3-2-4-6-10/h2-9,11H,1H3/b8-7+. The van der Waals surface area contributed by atoms with Crippen LogP contribution in [0.5, 0.6) is 0 Å². The molecule has 2 radical (unpaired) electrons. The van der Waals surface area contributed by atoms with Gasteiger partial charge in [-0.05, 0) is 11.1 Å². The van der Waals surface area contributed by atoms with Gasteiger partial charge in [0, 0.05) is 0 Å². The van der Waals surface area contributed by atoms with Gasteiger partial charge in [-0.15, -0.1) is 0 Å². The molecule has 0 aromatic heterocycles. The van der Waals surface area contributed by atoms with Gasteiger partial charge in [-0.3, -0.25) is 0 Å². The first-order valence-electron chi connectivity index (χ1n) is 3.96. The van der Waals surface area contributed by atoms with E-state index in [9.17, 15) is 0 Å². The largest absolute Gasteiger partial charge is 0.431 e. The SMILES string of the molecule is CC(/C=C/c1ccccc1)[Si]O. The zero-order valence-corrected chi connectivity index (χ0v) is 8.07. The molecule has 1 unspecified atom stereocenters. The molecule has 1 nitrogen and oxygen atoms in total. The smallest absolute Gasteiger partial charge is 0.231 e. The Bertz CT molecular complexity index is 243. The molecule has 0 aliphatic heterocycles. The van der Waals surface area contributed by atoms with Gasteiger partial charge < -0.3 is 4.80 Å². The lowest BCUT2D eigenvalue weighted by Gasteiger charge is -1.96. The van der Waals surface area contributed by atoms with Crippen LogP contribution in [0.2, 0.25) is 5.54 Å². The predicted octanol–water partition coefficient (Wildman–Crippen LogP) is 2.12. The minimum atomic E-state index is -0.00355. The zero-order chi connectivity index (χ0) is 8.81. The van der Waals surface area contributed by atoms with E-state index in [1.54, 1.807) is 0 Å². The first-order chi connectivity index (χ1) is 5.83. The molecule has 12 heavy (non-hydrogen) atoms. The van der Waals surface area contributed by atoms with E-state index in [1.165, 1.54) is 5.56 Å². The second-order valence-electron chi connectivity index (χ2n) is 2.69. The summed E-state index contributed by atoms with van der Waals surface area (Å²) in [5, 5.41) is 0. The molecular weight excluding hydrogens is 164 g/mol. The maximum Gasteiger partial charge on any atom is 0.231 e. The first kappa shape index (κ1) is 9.23. The van der Waals surface area contributed by atoms with Crippen molar-refractivity contribution in [2.75, 3.05) is 0 Å². The minimum Gasteiger partial charge on any atom is -0.431 e. The summed E-state index contributed by atoms with van der Waals surface area (Å²) in [4.78, 5) is 8.79. The molecule has 1 N–H and O–H groups in total. The van der Waals surface area contributed by atoms with Crippen LogP contribution in [0.1, 0.15) is 12.5 Å². The van der Waals surface area contributed by atoms with Crippen molar-refractivity contribution in [3.63, 3.8) is 0 Å². The lowest BCUT2D eigenvalue weighted by atomic mass is 10.2. The van der Waals surface area contributed by atoms with Gasteiger partial charge in [0.05, 0.1) is 0 Å². The fourth-order valence-electron chi connectivity index (χ4n) is 0.863. The van der Waals surface area contributed by atoms with E-state index >= 15 is 0 Å². The Kier molecular flexibility index (Phi) is 3.77. The summed E-state index contributed by atoms with van der Waals surface area (Å²) >= 11 is 0. The summed E-state index contributed by atoms with van der Waals surface area (Å²) in [7, 11) is -0.00355. The number of allylic oxidation sites excluding steroid dienone is 1. The lowest BCUT2D eigenvalue weighted by Crippen LogP contribution is -1.92. The lowest BCUT2D eigenvalue weighted by molar-refractivity contribution is 0.593. The Morgan fingerprint density at radius 1 is 1.33 bits per heavy atom. The first-order valence-corrected chi connectivity index (χ1v) is 4.98. The van der Waals surface area contributed by atoms with E-state index in [4.69, 9.17) is 4.80 Å². The van der Waals surface area contributed by atoms with Crippen LogP contribution < -0.4 is 0 Å². The van der Waals surface area contributed by atoms with Gasteiger partial charge >= 0.3 is 0 Å². The highest BCUT2D eigenvalue weighted by Gasteiger charge is 1.94. The van der Waals surface area contributed by atoms with Crippen LogP contribution >= 0.6 is 0 Å². The molecule has 62 valence electrons. The minimum absolute atomic E-state index is 0.00355. The van der Waals surface area contributed by atoms with Crippen LogP contribution in [0.4, 0.5) is 0 Å². The molecule has 2 heteroatoms. The van der Waals surface area contributed by atoms with Crippen molar-refractivity contribution in [2.45, 2.75) is 12.5 Å². The summed E-state index contributed by atoms with van der Waals surface area (Å²) in [6, 6.07) is 10.1. The van der Waals surface area contributed by atoms with E-state index in [1.807, 2.05) is 49.4 Å². The molecule has 0 aliphatic rings. The zero-order valence-electron chi connectivity index (χ0n) is 7.07. The normalized spacial score (nSPS) is 13.5. The maximum atomic E-state index is 8.79. The highest BCUT2D eigenvalue weighted by atomic mass is 28.2. The van der Waals surface area contributed by atoms with Crippen molar-refractivity contribution in [3.8, 4) is 0 Å². The summed E-state index contributed by atoms with van der Waals surface area (Å²) in [5.41, 5.74) is 1.45. The van der Waals surface area contributed by atoms with Gasteiger partial charge in [-0.2, -0.15) is 0 Å². The van der Waals surface area contributed by atoms with E-state index in [0.717, 1.165) is 0 Å². The number of benzene rings is 1. The molecule has 1 rings (SSSR count). The van der Waals surface area contributed by atoms with E-state index in [0.29, 0.717) is 0 Å². The fraction of sp³-hybridized carbons (Fsp3) is 0.200. The average Bonchev–Trinajstić information content (AvgIpc) is 2.16. The molecule has 0 aliphatic carbocycles. The van der Waals surface area contributed by atoms with Crippen molar-refractivity contribution in [1.29, 1.82) is 0 Å². The van der Waals surface area contributed by atoms with Crippen LogP contribution in [0.15, 0.2) is 36.4 Å². The van der Waals surface area contributed by atoms with Crippen molar-refractivity contribution in [1.82, 2.24) is 0 Å². The quantitative estimate of drug-likeness (QED) is 0.699. The Morgan fingerprint density at radius 3 is 2.58 bits per heavy atom. The Morgan fingerprint density at radius 2 is 2.00 bits per heavy atom. The molecule has 0 heterocycles. The second kappa shape index (κ2) is 4.90. The summed E-state index contributed by atoms with van der Waals surface area (Å²) in [6.07, 6.45) is 4.06. The topological polar surface area (TPSA) is 20.2 Å². The number of hydrogen-bond acceptors (Lipinski definition) is 1. The molecule has 0 saturated heterocycles. The second-order valence-corrected chi connectivity index (χ2v) is 3.86. The fourth-order valence-corrected chi connectivity index (χ4v) is 1.04. The number of rotatable bonds is 3. The van der Waals surface area contributed by atoms with Crippen LogP contribution in [0.3, 0.4) is 0 Å². The van der Waals surface area contributed by atoms with Gasteiger partial charge in [0.1, 0.15) is 0 Å². The van der Waals surface area contributed by atoms with Gasteiger partial charge in [0.15, 0.2) is 0 Å². The van der Waals surface area contributed by atoms with Crippen molar-refractivity contribution >= 4 is 15.8 Å². The third-order valence-electron chi connectivity index (χ3n) is 1.58. The molecule has 0 saturated carbocycles. The van der Waals surface area contributed by atoms with Crippen LogP contribution in [0, 0.1) is 0 Å². The van der Waals surface area contributed by atoms with E-state index in [2.05, 4.69) is 0 Å². The average molecular weight is 176 g/mol. The van der Waals surface area contributed by atoms with Crippen LogP contribution in [-0.4, -0.2) is 14.6 Å². The van der Waals surface area contributed by atoms with Gasteiger partial charge in [0.2, 0.25) is 9.76 Å². The third kappa shape index (κ3) is 3.03. The maximum absolute atomic E-state index is 8.79. The van der Waals surface area contributed by atoms with Crippen molar-refractivity contribution in [2.24, 2.45) is 0 Å². The Hall–Kier alpha value is -0.863. The molecule has 0 fully saturated rings. The van der Waals surface area contributed by atoms with Gasteiger partial charge in [-0.1, -0.05) is 49.4 Å².